The predicted octanol–water partition coefficient (Wildman–Crippen LogP) is 0.981. The third kappa shape index (κ3) is 2.59. The van der Waals surface area contributed by atoms with E-state index in [2.05, 4.69) is 4.98 Å². The first kappa shape index (κ1) is 9.80. The molecular weight excluding hydrogens is 170 g/mol. The van der Waals surface area contributed by atoms with Gasteiger partial charge in [0.2, 0.25) is 11.8 Å². The third-order valence-corrected chi connectivity index (χ3v) is 1.52. The molecule has 0 fully saturated rings. The molecule has 0 aromatic carbocycles. The Labute approximate surface area is 77.1 Å². The Morgan fingerprint density at radius 1 is 1.38 bits per heavy atom. The number of hydrogen-bond acceptors (Lipinski definition) is 4. The lowest BCUT2D eigenvalue weighted by atomic mass is 10.3. The number of hydrogen-bond donors (Lipinski definition) is 1. The van der Waals surface area contributed by atoms with E-state index in [-0.39, 0.29) is 6.61 Å². The summed E-state index contributed by atoms with van der Waals surface area (Å²) in [7, 11) is 1.53. The first-order chi connectivity index (χ1) is 6.30. The quantitative estimate of drug-likeness (QED) is 0.756. The van der Waals surface area contributed by atoms with Crippen LogP contribution in [0.4, 0.5) is 0 Å². The van der Waals surface area contributed by atoms with Crippen molar-refractivity contribution in [3.8, 4) is 11.8 Å². The van der Waals surface area contributed by atoms with Gasteiger partial charge in [0.05, 0.1) is 20.3 Å². The van der Waals surface area contributed by atoms with Gasteiger partial charge in [-0.2, -0.15) is 4.98 Å². The van der Waals surface area contributed by atoms with E-state index in [1.54, 1.807) is 12.1 Å². The van der Waals surface area contributed by atoms with Gasteiger partial charge < -0.3 is 14.6 Å². The number of aliphatic hydroxyl groups excluding tert-OH is 1. The summed E-state index contributed by atoms with van der Waals surface area (Å²) in [5.74, 6) is 0.931. The van der Waals surface area contributed by atoms with E-state index in [0.717, 1.165) is 5.56 Å². The van der Waals surface area contributed by atoms with Crippen LogP contribution in [0.15, 0.2) is 12.1 Å². The van der Waals surface area contributed by atoms with Crippen LogP contribution in [-0.4, -0.2) is 23.8 Å². The van der Waals surface area contributed by atoms with Gasteiger partial charge in [-0.3, -0.25) is 0 Å². The van der Waals surface area contributed by atoms with Crippen LogP contribution < -0.4 is 9.47 Å². The zero-order valence-corrected chi connectivity index (χ0v) is 7.78. The van der Waals surface area contributed by atoms with Crippen molar-refractivity contribution >= 4 is 0 Å². The van der Waals surface area contributed by atoms with Crippen molar-refractivity contribution in [2.24, 2.45) is 0 Å². The molecule has 4 heteroatoms. The third-order valence-electron chi connectivity index (χ3n) is 1.52. The second kappa shape index (κ2) is 4.67. The van der Waals surface area contributed by atoms with Crippen molar-refractivity contribution < 1.29 is 14.6 Å². The van der Waals surface area contributed by atoms with Crippen LogP contribution in [-0.2, 0) is 6.61 Å². The van der Waals surface area contributed by atoms with Gasteiger partial charge in [0.25, 0.3) is 0 Å². The van der Waals surface area contributed by atoms with Crippen LogP contribution in [0.1, 0.15) is 12.5 Å². The summed E-state index contributed by atoms with van der Waals surface area (Å²) >= 11 is 0. The minimum absolute atomic E-state index is 0.0427. The minimum Gasteiger partial charge on any atom is -0.481 e. The molecule has 4 nitrogen and oxygen atoms in total. The summed E-state index contributed by atoms with van der Waals surface area (Å²) in [4.78, 5) is 4.03. The molecule has 0 unspecified atom stereocenters. The fourth-order valence-electron chi connectivity index (χ4n) is 0.950. The van der Waals surface area contributed by atoms with Crippen molar-refractivity contribution in [3.63, 3.8) is 0 Å². The minimum atomic E-state index is -0.0427. The maximum absolute atomic E-state index is 8.91. The molecule has 13 heavy (non-hydrogen) atoms. The molecule has 0 saturated heterocycles. The van der Waals surface area contributed by atoms with Crippen molar-refractivity contribution in [2.45, 2.75) is 13.5 Å². The molecule has 1 aromatic heterocycles. The summed E-state index contributed by atoms with van der Waals surface area (Å²) in [6, 6.07) is 3.36. The Balaban J connectivity index is 2.93. The number of ether oxygens (including phenoxy) is 2. The maximum Gasteiger partial charge on any atom is 0.216 e. The molecule has 0 aliphatic carbocycles. The van der Waals surface area contributed by atoms with Crippen LogP contribution >= 0.6 is 0 Å². The van der Waals surface area contributed by atoms with Crippen molar-refractivity contribution in [1.82, 2.24) is 4.98 Å². The zero-order valence-electron chi connectivity index (χ0n) is 7.78. The Kier molecular flexibility index (Phi) is 3.52. The average molecular weight is 183 g/mol. The number of methoxy groups -OCH3 is 1. The van der Waals surface area contributed by atoms with Gasteiger partial charge in [0, 0.05) is 12.1 Å². The predicted molar refractivity (Wildman–Crippen MR) is 47.9 cm³/mol. The average Bonchev–Trinajstić information content (AvgIpc) is 2.17. The smallest absolute Gasteiger partial charge is 0.216 e. The van der Waals surface area contributed by atoms with Crippen molar-refractivity contribution in [2.75, 3.05) is 13.7 Å². The van der Waals surface area contributed by atoms with Crippen LogP contribution in [0.2, 0.25) is 0 Å². The van der Waals surface area contributed by atoms with Gasteiger partial charge in [-0.25, -0.2) is 0 Å². The van der Waals surface area contributed by atoms with Crippen molar-refractivity contribution in [1.29, 1.82) is 0 Å². The monoisotopic (exact) mass is 183 g/mol. The molecule has 1 rings (SSSR count). The molecule has 0 atom stereocenters. The topological polar surface area (TPSA) is 51.6 Å². The molecule has 0 aliphatic heterocycles. The van der Waals surface area contributed by atoms with Gasteiger partial charge in [-0.05, 0) is 12.5 Å². The van der Waals surface area contributed by atoms with Gasteiger partial charge in [0.15, 0.2) is 0 Å². The van der Waals surface area contributed by atoms with E-state index in [9.17, 15) is 0 Å². The molecule has 0 spiro atoms. The maximum atomic E-state index is 8.91. The Hall–Kier alpha value is -1.29. The van der Waals surface area contributed by atoms with Gasteiger partial charge in [-0.1, -0.05) is 0 Å². The number of pyridine rings is 1. The molecule has 0 bridgehead atoms. The summed E-state index contributed by atoms with van der Waals surface area (Å²) in [6.07, 6.45) is 0. The molecule has 0 saturated carbocycles. The highest BCUT2D eigenvalue weighted by Gasteiger charge is 2.02. The molecule has 0 radical (unpaired) electrons. The van der Waals surface area contributed by atoms with Crippen molar-refractivity contribution in [3.05, 3.63) is 17.7 Å². The number of nitrogens with zero attached hydrogens (tertiary/aromatic N) is 1. The summed E-state index contributed by atoms with van der Waals surface area (Å²) < 4.78 is 10.1. The lowest BCUT2D eigenvalue weighted by molar-refractivity contribution is 0.276. The zero-order chi connectivity index (χ0) is 9.68. The fourth-order valence-corrected chi connectivity index (χ4v) is 0.950. The first-order valence-corrected chi connectivity index (χ1v) is 4.08. The largest absolute Gasteiger partial charge is 0.481 e. The Bertz CT molecular complexity index is 253. The van der Waals surface area contributed by atoms with Crippen LogP contribution in [0.25, 0.3) is 0 Å². The second-order valence-corrected chi connectivity index (χ2v) is 2.45. The highest BCUT2D eigenvalue weighted by Crippen LogP contribution is 2.17. The molecular formula is C9H13NO3. The van der Waals surface area contributed by atoms with E-state index in [0.29, 0.717) is 18.4 Å². The molecule has 1 aromatic rings. The van der Waals surface area contributed by atoms with E-state index in [1.165, 1.54) is 7.11 Å². The summed E-state index contributed by atoms with van der Waals surface area (Å²) in [6.45, 7) is 2.38. The van der Waals surface area contributed by atoms with E-state index in [1.807, 2.05) is 6.92 Å². The summed E-state index contributed by atoms with van der Waals surface area (Å²) in [5, 5.41) is 8.91. The van der Waals surface area contributed by atoms with Gasteiger partial charge in [-0.15, -0.1) is 0 Å². The first-order valence-electron chi connectivity index (χ1n) is 4.08. The van der Waals surface area contributed by atoms with Gasteiger partial charge >= 0.3 is 0 Å². The highest BCUT2D eigenvalue weighted by atomic mass is 16.5. The van der Waals surface area contributed by atoms with Crippen LogP contribution in [0, 0.1) is 0 Å². The van der Waals surface area contributed by atoms with Crippen LogP contribution in [0.3, 0.4) is 0 Å². The van der Waals surface area contributed by atoms with Gasteiger partial charge in [0.1, 0.15) is 0 Å². The Morgan fingerprint density at radius 3 is 2.62 bits per heavy atom. The molecule has 72 valence electrons. The molecule has 0 amide bonds. The molecule has 0 aliphatic rings. The van der Waals surface area contributed by atoms with E-state index < -0.39 is 0 Å². The second-order valence-electron chi connectivity index (χ2n) is 2.45. The lowest BCUT2D eigenvalue weighted by Gasteiger charge is -2.06. The number of aromatic nitrogens is 1. The number of rotatable bonds is 4. The highest BCUT2D eigenvalue weighted by molar-refractivity contribution is 5.27. The van der Waals surface area contributed by atoms with E-state index in [4.69, 9.17) is 14.6 Å². The Morgan fingerprint density at radius 2 is 2.08 bits per heavy atom. The SMILES string of the molecule is CCOc1cc(CO)cc(OC)n1. The number of aliphatic hydroxyl groups is 1. The van der Waals surface area contributed by atoms with Crippen LogP contribution in [0.5, 0.6) is 11.8 Å². The van der Waals surface area contributed by atoms with E-state index >= 15 is 0 Å². The molecule has 1 N–H and O–H groups in total. The standard InChI is InChI=1S/C9H13NO3/c1-3-13-9-5-7(6-11)4-8(10-9)12-2/h4-5,11H,3,6H2,1-2H3. The molecule has 1 heterocycles. The summed E-state index contributed by atoms with van der Waals surface area (Å²) in [5.41, 5.74) is 0.732. The normalized spacial score (nSPS) is 9.77. The lowest BCUT2D eigenvalue weighted by Crippen LogP contribution is -1.98. The fraction of sp³-hybridized carbons (Fsp3) is 0.444.